The Morgan fingerprint density at radius 2 is 1.62 bits per heavy atom. The number of carbonyl (C=O) groups excluding carboxylic acids is 4. The van der Waals surface area contributed by atoms with Crippen LogP contribution in [-0.2, 0) is 19.1 Å². The minimum atomic E-state index is -0.753. The third-order valence-corrected chi connectivity index (χ3v) is 5.55. The summed E-state index contributed by atoms with van der Waals surface area (Å²) < 4.78 is 9.39. The number of rotatable bonds is 5. The molecule has 0 unspecified atom stereocenters. The van der Waals surface area contributed by atoms with E-state index in [9.17, 15) is 19.2 Å². The summed E-state index contributed by atoms with van der Waals surface area (Å²) in [6.45, 7) is 1.95. The number of ether oxygens (including phenoxy) is 2. The molecule has 2 N–H and O–H groups in total. The molecule has 2 aromatic rings. The molecule has 1 aliphatic rings. The molecule has 1 atom stereocenters. The molecule has 1 aliphatic heterocycles. The van der Waals surface area contributed by atoms with Gasteiger partial charge >= 0.3 is 11.9 Å². The van der Waals surface area contributed by atoms with Crippen molar-refractivity contribution >= 4 is 52.1 Å². The molecular formula is C22H21N3O6S. The van der Waals surface area contributed by atoms with Gasteiger partial charge in [0.25, 0.3) is 0 Å². The van der Waals surface area contributed by atoms with Crippen molar-refractivity contribution in [2.45, 2.75) is 18.6 Å². The minimum absolute atomic E-state index is 0.0516. The molecule has 1 saturated heterocycles. The van der Waals surface area contributed by atoms with Crippen molar-refractivity contribution in [3.63, 3.8) is 0 Å². The number of hydrogen-bond acceptors (Lipinski definition) is 8. The number of nitrogens with one attached hydrogen (secondary N) is 2. The van der Waals surface area contributed by atoms with E-state index in [0.717, 1.165) is 17.3 Å². The summed E-state index contributed by atoms with van der Waals surface area (Å²) in [6, 6.07) is 11.5. The maximum atomic E-state index is 12.9. The summed E-state index contributed by atoms with van der Waals surface area (Å²) in [5, 5.41) is 4.87. The minimum Gasteiger partial charge on any atom is -0.465 e. The van der Waals surface area contributed by atoms with Gasteiger partial charge in [0.05, 0.1) is 31.0 Å². The number of esters is 2. The van der Waals surface area contributed by atoms with E-state index in [1.807, 2.05) is 31.2 Å². The highest BCUT2D eigenvalue weighted by Gasteiger charge is 2.30. The fourth-order valence-corrected chi connectivity index (χ4v) is 3.88. The molecule has 0 spiro atoms. The molecular weight excluding hydrogens is 434 g/mol. The Labute approximate surface area is 188 Å². The van der Waals surface area contributed by atoms with Gasteiger partial charge in [-0.25, -0.2) is 14.6 Å². The van der Waals surface area contributed by atoms with Gasteiger partial charge < -0.3 is 20.1 Å². The molecule has 0 aliphatic carbocycles. The maximum absolute atomic E-state index is 12.9. The molecule has 0 aromatic heterocycles. The van der Waals surface area contributed by atoms with E-state index in [2.05, 4.69) is 15.6 Å². The lowest BCUT2D eigenvalue weighted by Gasteiger charge is -2.22. The first-order valence-corrected chi connectivity index (χ1v) is 10.4. The summed E-state index contributed by atoms with van der Waals surface area (Å²) in [5.41, 5.74) is 2.06. The number of carbonyl (C=O) groups is 4. The van der Waals surface area contributed by atoms with Crippen LogP contribution in [0.1, 0.15) is 32.7 Å². The Bertz CT molecular complexity index is 1060. The number of aliphatic imine (C=N–C) groups is 1. The second-order valence-electron chi connectivity index (χ2n) is 6.88. The number of anilines is 1. The van der Waals surface area contributed by atoms with E-state index in [1.165, 1.54) is 32.4 Å². The average Bonchev–Trinajstić information content (AvgIpc) is 2.78. The predicted molar refractivity (Wildman–Crippen MR) is 120 cm³/mol. The number of aryl methyl sites for hydroxylation is 1. The number of amides is 2. The molecule has 2 aromatic carbocycles. The summed E-state index contributed by atoms with van der Waals surface area (Å²) in [7, 11) is 2.41. The van der Waals surface area contributed by atoms with Gasteiger partial charge in [-0.15, -0.1) is 0 Å². The zero-order valence-electron chi connectivity index (χ0n) is 17.6. The lowest BCUT2D eigenvalue weighted by molar-refractivity contribution is -0.123. The Kier molecular flexibility index (Phi) is 7.26. The van der Waals surface area contributed by atoms with Crippen LogP contribution in [0.2, 0.25) is 0 Å². The Morgan fingerprint density at radius 3 is 2.19 bits per heavy atom. The molecule has 0 bridgehead atoms. The van der Waals surface area contributed by atoms with Crippen LogP contribution < -0.4 is 10.6 Å². The van der Waals surface area contributed by atoms with Crippen molar-refractivity contribution in [3.05, 3.63) is 59.2 Å². The Hall–Kier alpha value is -3.66. The molecule has 10 heteroatoms. The first-order chi connectivity index (χ1) is 15.3. The van der Waals surface area contributed by atoms with Gasteiger partial charge in [0.15, 0.2) is 5.17 Å². The van der Waals surface area contributed by atoms with Crippen molar-refractivity contribution < 1.29 is 28.7 Å². The van der Waals surface area contributed by atoms with Crippen molar-refractivity contribution in [1.82, 2.24) is 5.32 Å². The van der Waals surface area contributed by atoms with Gasteiger partial charge in [-0.1, -0.05) is 29.5 Å². The summed E-state index contributed by atoms with van der Waals surface area (Å²) in [4.78, 5) is 53.3. The Balaban J connectivity index is 1.81. The van der Waals surface area contributed by atoms with Crippen LogP contribution in [0.5, 0.6) is 0 Å². The Morgan fingerprint density at radius 1 is 1.03 bits per heavy atom. The fraction of sp³-hybridized carbons (Fsp3) is 0.227. The van der Waals surface area contributed by atoms with Crippen LogP contribution in [0.4, 0.5) is 11.4 Å². The van der Waals surface area contributed by atoms with E-state index in [-0.39, 0.29) is 29.1 Å². The smallest absolute Gasteiger partial charge is 0.337 e. The number of hydrogen-bond donors (Lipinski definition) is 2. The molecule has 1 heterocycles. The van der Waals surface area contributed by atoms with Crippen molar-refractivity contribution in [3.8, 4) is 0 Å². The first kappa shape index (κ1) is 23.0. The van der Waals surface area contributed by atoms with E-state index in [0.29, 0.717) is 10.9 Å². The molecule has 0 saturated carbocycles. The molecule has 32 heavy (non-hydrogen) atoms. The third-order valence-electron chi connectivity index (χ3n) is 4.47. The van der Waals surface area contributed by atoms with Crippen molar-refractivity contribution in [2.75, 3.05) is 19.5 Å². The maximum Gasteiger partial charge on any atom is 0.337 e. The van der Waals surface area contributed by atoms with Crippen LogP contribution in [0, 0.1) is 6.92 Å². The number of nitrogens with zero attached hydrogens (tertiary/aromatic N) is 1. The standard InChI is InChI=1S/C22H21N3O6S/c1-12-4-6-15(7-5-12)24-22-25-18(26)11-17(32-22)19(27)23-16-9-13(20(28)30-2)8-14(10-16)21(29)31-3/h4-10,17H,11H2,1-3H3,(H,23,27)(H,24,25,26)/t17-/m1/s1. The number of methoxy groups -OCH3 is 2. The fourth-order valence-electron chi connectivity index (χ4n) is 2.88. The molecule has 3 rings (SSSR count). The van der Waals surface area contributed by atoms with Crippen LogP contribution in [-0.4, -0.2) is 48.4 Å². The highest BCUT2D eigenvalue weighted by molar-refractivity contribution is 8.15. The second-order valence-corrected chi connectivity index (χ2v) is 8.07. The normalized spacial score (nSPS) is 16.8. The number of thioether (sulfide) groups is 1. The second kappa shape index (κ2) is 10.1. The zero-order chi connectivity index (χ0) is 23.3. The van der Waals surface area contributed by atoms with E-state index in [4.69, 9.17) is 9.47 Å². The van der Waals surface area contributed by atoms with Crippen molar-refractivity contribution in [2.24, 2.45) is 4.99 Å². The van der Waals surface area contributed by atoms with Gasteiger partial charge in [-0.3, -0.25) is 9.59 Å². The summed E-state index contributed by atoms with van der Waals surface area (Å²) >= 11 is 1.11. The summed E-state index contributed by atoms with van der Waals surface area (Å²) in [6.07, 6.45) is -0.0516. The van der Waals surface area contributed by atoms with Crippen LogP contribution in [0.25, 0.3) is 0 Å². The monoisotopic (exact) mass is 455 g/mol. The average molecular weight is 455 g/mol. The lowest BCUT2D eigenvalue weighted by atomic mass is 10.1. The third kappa shape index (κ3) is 5.73. The number of amidine groups is 1. The van der Waals surface area contributed by atoms with E-state index < -0.39 is 23.1 Å². The highest BCUT2D eigenvalue weighted by Crippen LogP contribution is 2.26. The van der Waals surface area contributed by atoms with Crippen LogP contribution >= 0.6 is 11.8 Å². The molecule has 0 radical (unpaired) electrons. The van der Waals surface area contributed by atoms with Crippen LogP contribution in [0.15, 0.2) is 47.5 Å². The van der Waals surface area contributed by atoms with Gasteiger partial charge in [0.2, 0.25) is 11.8 Å². The molecule has 1 fully saturated rings. The highest BCUT2D eigenvalue weighted by atomic mass is 32.2. The molecule has 2 amide bonds. The SMILES string of the molecule is COC(=O)c1cc(NC(=O)[C@H]2CC(=O)NC(=Nc3ccc(C)cc3)S2)cc(C(=O)OC)c1. The largest absolute Gasteiger partial charge is 0.465 e. The van der Waals surface area contributed by atoms with Gasteiger partial charge in [0.1, 0.15) is 5.25 Å². The quantitative estimate of drug-likeness (QED) is 0.665. The zero-order valence-corrected chi connectivity index (χ0v) is 18.4. The van der Waals surface area contributed by atoms with Gasteiger partial charge in [0, 0.05) is 12.1 Å². The first-order valence-electron chi connectivity index (χ1n) is 9.53. The van der Waals surface area contributed by atoms with Gasteiger partial charge in [-0.05, 0) is 37.3 Å². The predicted octanol–water partition coefficient (Wildman–Crippen LogP) is 2.82. The van der Waals surface area contributed by atoms with Crippen molar-refractivity contribution in [1.29, 1.82) is 0 Å². The lowest BCUT2D eigenvalue weighted by Crippen LogP contribution is -2.41. The number of benzene rings is 2. The molecule has 166 valence electrons. The van der Waals surface area contributed by atoms with E-state index in [1.54, 1.807) is 0 Å². The topological polar surface area (TPSA) is 123 Å². The van der Waals surface area contributed by atoms with Crippen LogP contribution in [0.3, 0.4) is 0 Å². The summed E-state index contributed by atoms with van der Waals surface area (Å²) in [5.74, 6) is -2.16. The van der Waals surface area contributed by atoms with Gasteiger partial charge in [-0.2, -0.15) is 0 Å². The van der Waals surface area contributed by atoms with E-state index >= 15 is 0 Å². The molecule has 9 nitrogen and oxygen atoms in total.